The van der Waals surface area contributed by atoms with E-state index >= 15 is 0 Å². The van der Waals surface area contributed by atoms with Gasteiger partial charge < -0.3 is 10.4 Å². The first-order chi connectivity index (χ1) is 10.9. The highest BCUT2D eigenvalue weighted by Crippen LogP contribution is 2.18. The molecule has 0 fully saturated rings. The zero-order valence-electron chi connectivity index (χ0n) is 11.7. The maximum atomic E-state index is 12.2. The molecule has 0 radical (unpaired) electrons. The van der Waals surface area contributed by atoms with Crippen molar-refractivity contribution >= 4 is 29.2 Å². The average Bonchev–Trinajstić information content (AvgIpc) is 2.53. The molecular weight excluding hydrogens is 324 g/mol. The van der Waals surface area contributed by atoms with Gasteiger partial charge in [-0.3, -0.25) is 14.9 Å². The third kappa shape index (κ3) is 4.04. The van der Waals surface area contributed by atoms with Gasteiger partial charge in [-0.2, -0.15) is 0 Å². The van der Waals surface area contributed by atoms with E-state index in [2.05, 4.69) is 5.32 Å². The lowest BCUT2D eigenvalue weighted by atomic mass is 10.1. The Hall–Kier alpha value is -2.93. The van der Waals surface area contributed by atoms with Crippen molar-refractivity contribution in [3.05, 3.63) is 74.3 Å². The number of nitro benzene ring substituents is 1. The van der Waals surface area contributed by atoms with Crippen molar-refractivity contribution in [1.29, 1.82) is 0 Å². The van der Waals surface area contributed by atoms with Crippen LogP contribution in [-0.4, -0.2) is 21.9 Å². The molecule has 0 aliphatic heterocycles. The minimum Gasteiger partial charge on any atom is -0.478 e. The van der Waals surface area contributed by atoms with E-state index in [4.69, 9.17) is 16.7 Å². The minimum absolute atomic E-state index is 0.137. The zero-order valence-corrected chi connectivity index (χ0v) is 12.4. The van der Waals surface area contributed by atoms with Crippen molar-refractivity contribution in [3.63, 3.8) is 0 Å². The maximum Gasteiger partial charge on any atom is 0.336 e. The molecule has 0 aliphatic rings. The lowest BCUT2D eigenvalue weighted by molar-refractivity contribution is -0.384. The van der Waals surface area contributed by atoms with Crippen LogP contribution in [0.25, 0.3) is 0 Å². The Morgan fingerprint density at radius 1 is 1.13 bits per heavy atom. The molecule has 0 aliphatic carbocycles. The number of hydrogen-bond acceptors (Lipinski definition) is 4. The van der Waals surface area contributed by atoms with Gasteiger partial charge in [0.15, 0.2) is 0 Å². The molecule has 7 nitrogen and oxygen atoms in total. The Morgan fingerprint density at radius 3 is 2.35 bits per heavy atom. The number of nitrogens with one attached hydrogen (secondary N) is 1. The highest BCUT2D eigenvalue weighted by molar-refractivity contribution is 6.30. The predicted molar refractivity (Wildman–Crippen MR) is 82.7 cm³/mol. The molecule has 2 aromatic carbocycles. The first kappa shape index (κ1) is 16.4. The van der Waals surface area contributed by atoms with Gasteiger partial charge >= 0.3 is 5.97 Å². The van der Waals surface area contributed by atoms with Gasteiger partial charge in [-0.15, -0.1) is 0 Å². The normalized spacial score (nSPS) is 10.1. The standard InChI is InChI=1S/C15H11ClN2O5/c16-10-3-1-9(2-4-10)8-17-14(19)13-7-11(18(22)23)5-6-12(13)15(20)21/h1-7H,8H2,(H,17,19)(H,20,21). The number of nitrogens with zero attached hydrogens (tertiary/aromatic N) is 1. The molecule has 0 bridgehead atoms. The van der Waals surface area contributed by atoms with Gasteiger partial charge in [0.2, 0.25) is 0 Å². The van der Waals surface area contributed by atoms with Crippen LogP contribution >= 0.6 is 11.6 Å². The van der Waals surface area contributed by atoms with Gasteiger partial charge in [-0.1, -0.05) is 23.7 Å². The Morgan fingerprint density at radius 2 is 1.78 bits per heavy atom. The maximum absolute atomic E-state index is 12.2. The number of benzene rings is 2. The highest BCUT2D eigenvalue weighted by Gasteiger charge is 2.20. The lowest BCUT2D eigenvalue weighted by Crippen LogP contribution is -2.25. The molecule has 0 saturated heterocycles. The van der Waals surface area contributed by atoms with Crippen LogP contribution in [0, 0.1) is 10.1 Å². The van der Waals surface area contributed by atoms with Crippen LogP contribution in [0.2, 0.25) is 5.02 Å². The zero-order chi connectivity index (χ0) is 17.0. The van der Waals surface area contributed by atoms with Gasteiger partial charge in [0.1, 0.15) is 0 Å². The fourth-order valence-corrected chi connectivity index (χ4v) is 2.03. The Labute approximate surface area is 135 Å². The highest BCUT2D eigenvalue weighted by atomic mass is 35.5. The van der Waals surface area contributed by atoms with Gasteiger partial charge in [-0.05, 0) is 23.8 Å². The Balaban J connectivity index is 2.23. The van der Waals surface area contributed by atoms with E-state index in [1.165, 1.54) is 0 Å². The number of carbonyl (C=O) groups excluding carboxylic acids is 1. The van der Waals surface area contributed by atoms with E-state index in [9.17, 15) is 19.7 Å². The second-order valence-electron chi connectivity index (χ2n) is 4.60. The van der Waals surface area contributed by atoms with Crippen LogP contribution in [0.4, 0.5) is 5.69 Å². The summed E-state index contributed by atoms with van der Waals surface area (Å²) in [4.78, 5) is 33.4. The lowest BCUT2D eigenvalue weighted by Gasteiger charge is -2.08. The van der Waals surface area contributed by atoms with Crippen LogP contribution in [0.3, 0.4) is 0 Å². The molecule has 0 spiro atoms. The Kier molecular flexibility index (Phi) is 4.92. The molecule has 23 heavy (non-hydrogen) atoms. The fourth-order valence-electron chi connectivity index (χ4n) is 1.90. The third-order valence-corrected chi connectivity index (χ3v) is 3.31. The molecule has 2 aromatic rings. The number of amides is 1. The van der Waals surface area contributed by atoms with Gasteiger partial charge in [0.25, 0.3) is 11.6 Å². The molecule has 0 unspecified atom stereocenters. The summed E-state index contributed by atoms with van der Waals surface area (Å²) >= 11 is 5.76. The van der Waals surface area contributed by atoms with Gasteiger partial charge in [-0.25, -0.2) is 4.79 Å². The molecule has 0 heterocycles. The van der Waals surface area contributed by atoms with Crippen molar-refractivity contribution in [2.24, 2.45) is 0 Å². The SMILES string of the molecule is O=C(O)c1ccc([N+](=O)[O-])cc1C(=O)NCc1ccc(Cl)cc1. The van der Waals surface area contributed by atoms with Crippen LogP contribution in [-0.2, 0) is 6.54 Å². The van der Waals surface area contributed by atoms with E-state index in [0.717, 1.165) is 23.8 Å². The van der Waals surface area contributed by atoms with E-state index < -0.39 is 16.8 Å². The summed E-state index contributed by atoms with van der Waals surface area (Å²) in [6.45, 7) is 0.137. The topological polar surface area (TPSA) is 110 Å². The smallest absolute Gasteiger partial charge is 0.336 e. The third-order valence-electron chi connectivity index (χ3n) is 3.06. The van der Waals surface area contributed by atoms with E-state index in [0.29, 0.717) is 5.02 Å². The van der Waals surface area contributed by atoms with Crippen LogP contribution in [0.1, 0.15) is 26.3 Å². The molecule has 2 N–H and O–H groups in total. The van der Waals surface area contributed by atoms with E-state index in [1.54, 1.807) is 24.3 Å². The molecule has 0 atom stereocenters. The second kappa shape index (κ2) is 6.89. The molecule has 118 valence electrons. The number of hydrogen-bond donors (Lipinski definition) is 2. The predicted octanol–water partition coefficient (Wildman–Crippen LogP) is 2.88. The molecular formula is C15H11ClN2O5. The molecule has 0 saturated carbocycles. The Bertz CT molecular complexity index is 774. The largest absolute Gasteiger partial charge is 0.478 e. The van der Waals surface area contributed by atoms with Crippen LogP contribution < -0.4 is 5.32 Å². The number of carboxylic acids is 1. The summed E-state index contributed by atoms with van der Waals surface area (Å²) in [6, 6.07) is 9.73. The number of nitro groups is 1. The number of carboxylic acid groups (broad SMARTS) is 1. The summed E-state index contributed by atoms with van der Waals surface area (Å²) in [6.07, 6.45) is 0. The summed E-state index contributed by atoms with van der Waals surface area (Å²) in [5, 5.41) is 23.0. The van der Waals surface area contributed by atoms with Crippen molar-refractivity contribution in [3.8, 4) is 0 Å². The monoisotopic (exact) mass is 334 g/mol. The molecule has 0 aromatic heterocycles. The summed E-state index contributed by atoms with van der Waals surface area (Å²) in [5.41, 5.74) is -0.165. The fraction of sp³-hybridized carbons (Fsp3) is 0.0667. The number of aromatic carboxylic acids is 1. The van der Waals surface area contributed by atoms with Crippen molar-refractivity contribution in [2.45, 2.75) is 6.54 Å². The average molecular weight is 335 g/mol. The number of non-ortho nitro benzene ring substituents is 1. The van der Waals surface area contributed by atoms with Crippen molar-refractivity contribution in [1.82, 2.24) is 5.32 Å². The quantitative estimate of drug-likeness (QED) is 0.645. The summed E-state index contributed by atoms with van der Waals surface area (Å²) in [5.74, 6) is -2.04. The summed E-state index contributed by atoms with van der Waals surface area (Å²) < 4.78 is 0. The van der Waals surface area contributed by atoms with Crippen LogP contribution in [0.5, 0.6) is 0 Å². The summed E-state index contributed by atoms with van der Waals surface area (Å²) in [7, 11) is 0. The van der Waals surface area contributed by atoms with E-state index in [-0.39, 0.29) is 23.4 Å². The first-order valence-corrected chi connectivity index (χ1v) is 6.80. The molecule has 8 heteroatoms. The number of rotatable bonds is 5. The second-order valence-corrected chi connectivity index (χ2v) is 5.04. The van der Waals surface area contributed by atoms with E-state index in [1.807, 2.05) is 0 Å². The first-order valence-electron chi connectivity index (χ1n) is 6.43. The minimum atomic E-state index is -1.34. The molecule has 1 amide bonds. The molecule has 2 rings (SSSR count). The van der Waals surface area contributed by atoms with Crippen molar-refractivity contribution in [2.75, 3.05) is 0 Å². The van der Waals surface area contributed by atoms with Crippen molar-refractivity contribution < 1.29 is 19.6 Å². The number of halogens is 1. The van der Waals surface area contributed by atoms with Crippen LogP contribution in [0.15, 0.2) is 42.5 Å². The van der Waals surface area contributed by atoms with Gasteiger partial charge in [0.05, 0.1) is 16.1 Å². The number of carbonyl (C=O) groups is 2. The van der Waals surface area contributed by atoms with Gasteiger partial charge in [0, 0.05) is 23.7 Å².